The van der Waals surface area contributed by atoms with E-state index in [1.54, 1.807) is 18.3 Å². The number of amides is 1. The molecule has 0 bridgehead atoms. The molecule has 5 nitrogen and oxygen atoms in total. The highest BCUT2D eigenvalue weighted by molar-refractivity contribution is 7.14. The molecule has 0 aliphatic heterocycles. The lowest BCUT2D eigenvalue weighted by Gasteiger charge is -2.06. The van der Waals surface area contributed by atoms with Gasteiger partial charge in [-0.25, -0.2) is 4.98 Å². The molecule has 1 aromatic heterocycles. The van der Waals surface area contributed by atoms with Crippen molar-refractivity contribution in [1.29, 1.82) is 0 Å². The molecule has 4 rings (SSSR count). The van der Waals surface area contributed by atoms with Gasteiger partial charge in [-0.2, -0.15) is 5.10 Å². The zero-order chi connectivity index (χ0) is 19.9. The molecule has 2 N–H and O–H groups in total. The fourth-order valence-corrected chi connectivity index (χ4v) is 3.34. The molecule has 0 radical (unpaired) electrons. The molecule has 0 saturated carbocycles. The molecule has 0 spiro atoms. The van der Waals surface area contributed by atoms with Gasteiger partial charge in [-0.1, -0.05) is 60.7 Å². The van der Waals surface area contributed by atoms with Crippen LogP contribution in [0.1, 0.15) is 15.9 Å². The van der Waals surface area contributed by atoms with E-state index >= 15 is 0 Å². The molecule has 4 aromatic rings. The van der Waals surface area contributed by atoms with Crippen molar-refractivity contribution in [2.75, 3.05) is 10.7 Å². The Morgan fingerprint density at radius 1 is 0.897 bits per heavy atom. The number of hydrazone groups is 1. The van der Waals surface area contributed by atoms with E-state index in [2.05, 4.69) is 20.8 Å². The number of nitrogens with one attached hydrogen (secondary N) is 2. The largest absolute Gasteiger partial charge is 0.322 e. The summed E-state index contributed by atoms with van der Waals surface area (Å²) in [6, 6.07) is 26.6. The van der Waals surface area contributed by atoms with Crippen molar-refractivity contribution >= 4 is 34.3 Å². The van der Waals surface area contributed by atoms with Gasteiger partial charge in [-0.05, 0) is 29.8 Å². The van der Waals surface area contributed by atoms with Crippen molar-refractivity contribution in [1.82, 2.24) is 4.98 Å². The lowest BCUT2D eigenvalue weighted by molar-refractivity contribution is 0.102. The number of thiazole rings is 1. The van der Waals surface area contributed by atoms with E-state index < -0.39 is 0 Å². The first-order valence-electron chi connectivity index (χ1n) is 9.04. The van der Waals surface area contributed by atoms with Gasteiger partial charge in [0.2, 0.25) is 5.13 Å². The number of rotatable bonds is 6. The summed E-state index contributed by atoms with van der Waals surface area (Å²) < 4.78 is 0. The fraction of sp³-hybridized carbons (Fsp3) is 0. The van der Waals surface area contributed by atoms with Crippen LogP contribution in [0.15, 0.2) is 95.4 Å². The summed E-state index contributed by atoms with van der Waals surface area (Å²) in [5.74, 6) is -0.130. The summed E-state index contributed by atoms with van der Waals surface area (Å²) in [7, 11) is 0. The van der Waals surface area contributed by atoms with E-state index in [4.69, 9.17) is 0 Å². The van der Waals surface area contributed by atoms with Crippen LogP contribution in [0.5, 0.6) is 0 Å². The first-order valence-corrected chi connectivity index (χ1v) is 9.92. The molecule has 6 heteroatoms. The first-order chi connectivity index (χ1) is 14.3. The Bertz CT molecular complexity index is 1110. The minimum absolute atomic E-state index is 0.130. The van der Waals surface area contributed by atoms with Crippen LogP contribution in [0.2, 0.25) is 0 Å². The van der Waals surface area contributed by atoms with E-state index in [0.717, 1.165) is 22.5 Å². The van der Waals surface area contributed by atoms with Crippen molar-refractivity contribution in [2.24, 2.45) is 5.10 Å². The molecule has 0 aliphatic carbocycles. The number of aromatic nitrogens is 1. The van der Waals surface area contributed by atoms with Gasteiger partial charge in [-0.3, -0.25) is 10.2 Å². The van der Waals surface area contributed by atoms with Gasteiger partial charge in [0.15, 0.2) is 0 Å². The van der Waals surface area contributed by atoms with Crippen LogP contribution in [0.25, 0.3) is 11.3 Å². The predicted molar refractivity (Wildman–Crippen MR) is 120 cm³/mol. The number of hydrogen-bond acceptors (Lipinski definition) is 5. The highest BCUT2D eigenvalue weighted by Gasteiger charge is 2.07. The van der Waals surface area contributed by atoms with Crippen LogP contribution < -0.4 is 10.7 Å². The van der Waals surface area contributed by atoms with E-state index in [1.807, 2.05) is 78.2 Å². The van der Waals surface area contributed by atoms with Gasteiger partial charge in [0.05, 0.1) is 11.9 Å². The first kappa shape index (κ1) is 18.6. The quantitative estimate of drug-likeness (QED) is 0.332. The topological polar surface area (TPSA) is 66.4 Å². The molecule has 0 saturated heterocycles. The molecule has 1 heterocycles. The SMILES string of the molecule is O=C(Nc1ccc(-c2csc(N/N=C/c3ccccc3)n2)cc1)c1ccccc1. The molecular weight excluding hydrogens is 380 g/mol. The molecule has 1 amide bonds. The number of carbonyl (C=O) groups is 1. The van der Waals surface area contributed by atoms with Crippen LogP contribution >= 0.6 is 11.3 Å². The molecule has 142 valence electrons. The zero-order valence-electron chi connectivity index (χ0n) is 15.4. The fourth-order valence-electron chi connectivity index (χ4n) is 2.68. The third-order valence-corrected chi connectivity index (χ3v) is 4.90. The normalized spacial score (nSPS) is 10.8. The lowest BCUT2D eigenvalue weighted by Crippen LogP contribution is -2.11. The average Bonchev–Trinajstić information content (AvgIpc) is 3.24. The average molecular weight is 398 g/mol. The Morgan fingerprint density at radius 2 is 1.59 bits per heavy atom. The van der Waals surface area contributed by atoms with Gasteiger partial charge in [0.1, 0.15) is 0 Å². The Hall–Kier alpha value is -3.77. The summed E-state index contributed by atoms with van der Waals surface area (Å²) in [5.41, 5.74) is 7.17. The van der Waals surface area contributed by atoms with E-state index in [1.165, 1.54) is 11.3 Å². The highest BCUT2D eigenvalue weighted by Crippen LogP contribution is 2.26. The smallest absolute Gasteiger partial charge is 0.255 e. The number of hydrogen-bond donors (Lipinski definition) is 2. The molecule has 0 atom stereocenters. The van der Waals surface area contributed by atoms with Crippen LogP contribution in [0.3, 0.4) is 0 Å². The summed E-state index contributed by atoms with van der Waals surface area (Å²) in [6.45, 7) is 0. The van der Waals surface area contributed by atoms with Crippen LogP contribution in [0.4, 0.5) is 10.8 Å². The van der Waals surface area contributed by atoms with Gasteiger partial charge < -0.3 is 5.32 Å². The molecular formula is C23H18N4OS. The third kappa shape index (κ3) is 4.94. The Kier molecular flexibility index (Phi) is 5.73. The Balaban J connectivity index is 1.38. The van der Waals surface area contributed by atoms with Crippen molar-refractivity contribution in [3.05, 3.63) is 101 Å². The summed E-state index contributed by atoms with van der Waals surface area (Å²) >= 11 is 1.49. The van der Waals surface area contributed by atoms with E-state index in [0.29, 0.717) is 10.7 Å². The number of nitrogens with zero attached hydrogens (tertiary/aromatic N) is 2. The van der Waals surface area contributed by atoms with Gasteiger partial charge >= 0.3 is 0 Å². The van der Waals surface area contributed by atoms with Crippen molar-refractivity contribution in [3.63, 3.8) is 0 Å². The second-order valence-electron chi connectivity index (χ2n) is 6.22. The van der Waals surface area contributed by atoms with Gasteiger partial charge in [-0.15, -0.1) is 11.3 Å². The van der Waals surface area contributed by atoms with Crippen molar-refractivity contribution in [3.8, 4) is 11.3 Å². The summed E-state index contributed by atoms with van der Waals surface area (Å²) in [4.78, 5) is 16.8. The lowest BCUT2D eigenvalue weighted by atomic mass is 10.1. The summed E-state index contributed by atoms with van der Waals surface area (Å²) in [6.07, 6.45) is 1.76. The Morgan fingerprint density at radius 3 is 2.31 bits per heavy atom. The maximum absolute atomic E-state index is 12.2. The van der Waals surface area contributed by atoms with Crippen LogP contribution in [-0.2, 0) is 0 Å². The van der Waals surface area contributed by atoms with Crippen LogP contribution in [-0.4, -0.2) is 17.1 Å². The standard InChI is InChI=1S/C23H18N4OS/c28-22(19-9-5-2-6-10-19)25-20-13-11-18(12-14-20)21-16-29-23(26-21)27-24-15-17-7-3-1-4-8-17/h1-16H,(H,25,28)(H,26,27)/b24-15+. The van der Waals surface area contributed by atoms with Crippen molar-refractivity contribution < 1.29 is 4.79 Å². The molecule has 0 unspecified atom stereocenters. The molecule has 0 aliphatic rings. The Labute approximate surface area is 172 Å². The van der Waals surface area contributed by atoms with Crippen LogP contribution in [0, 0.1) is 0 Å². The molecule has 3 aromatic carbocycles. The third-order valence-electron chi connectivity index (χ3n) is 4.15. The van der Waals surface area contributed by atoms with Gasteiger partial charge in [0, 0.05) is 22.2 Å². The minimum atomic E-state index is -0.130. The minimum Gasteiger partial charge on any atom is -0.322 e. The highest BCUT2D eigenvalue weighted by atomic mass is 32.1. The second kappa shape index (κ2) is 8.95. The monoisotopic (exact) mass is 398 g/mol. The maximum atomic E-state index is 12.2. The van der Waals surface area contributed by atoms with E-state index in [-0.39, 0.29) is 5.91 Å². The van der Waals surface area contributed by atoms with Crippen molar-refractivity contribution in [2.45, 2.75) is 0 Å². The van der Waals surface area contributed by atoms with Gasteiger partial charge in [0.25, 0.3) is 5.91 Å². The number of anilines is 2. The number of benzene rings is 3. The predicted octanol–water partition coefficient (Wildman–Crippen LogP) is 5.51. The summed E-state index contributed by atoms with van der Waals surface area (Å²) in [5, 5.41) is 9.80. The second-order valence-corrected chi connectivity index (χ2v) is 7.07. The molecule has 29 heavy (non-hydrogen) atoms. The van der Waals surface area contributed by atoms with E-state index in [9.17, 15) is 4.79 Å². The maximum Gasteiger partial charge on any atom is 0.255 e. The number of carbonyl (C=O) groups excluding carboxylic acids is 1. The molecule has 0 fully saturated rings. The zero-order valence-corrected chi connectivity index (χ0v) is 16.3.